The summed E-state index contributed by atoms with van der Waals surface area (Å²) < 4.78 is 0. The van der Waals surface area contributed by atoms with Gasteiger partial charge in [-0.15, -0.1) is 0 Å². The van der Waals surface area contributed by atoms with Crippen molar-refractivity contribution in [3.8, 4) is 0 Å². The third kappa shape index (κ3) is 4.44. The smallest absolute Gasteiger partial charge is 0.229 e. The monoisotopic (exact) mass is 310 g/mol. The highest BCUT2D eigenvalue weighted by Gasteiger charge is 2.13. The van der Waals surface area contributed by atoms with Crippen molar-refractivity contribution in [3.63, 3.8) is 0 Å². The molecule has 0 bridgehead atoms. The molecule has 122 valence electrons. The summed E-state index contributed by atoms with van der Waals surface area (Å²) in [5.41, 5.74) is 3.22. The normalized spacial score (nSPS) is 15.9. The molecule has 1 aliphatic carbocycles. The Morgan fingerprint density at radius 3 is 2.43 bits per heavy atom. The standard InChI is InChI=1S/C19H26N4/c1-14-9-7-8-12-17(14)22-19-20-15(2)13-18(23-19)21-16-10-5-3-4-6-11-16/h7-9,12-13,16H,3-6,10-11H2,1-2H3,(H2,20,21,22,23). The summed E-state index contributed by atoms with van der Waals surface area (Å²) in [5.74, 6) is 1.59. The van der Waals surface area contributed by atoms with Crippen LogP contribution in [0.1, 0.15) is 49.8 Å². The molecule has 0 unspecified atom stereocenters. The molecule has 0 saturated heterocycles. The number of hydrogen-bond acceptors (Lipinski definition) is 4. The van der Waals surface area contributed by atoms with Gasteiger partial charge in [-0.05, 0) is 38.3 Å². The van der Waals surface area contributed by atoms with Crippen LogP contribution >= 0.6 is 0 Å². The Bertz CT molecular complexity index is 646. The summed E-state index contributed by atoms with van der Waals surface area (Å²) in [4.78, 5) is 9.18. The van der Waals surface area contributed by atoms with Crippen LogP contribution in [0, 0.1) is 13.8 Å². The lowest BCUT2D eigenvalue weighted by atomic mass is 10.1. The van der Waals surface area contributed by atoms with Crippen molar-refractivity contribution in [2.45, 2.75) is 58.4 Å². The molecule has 3 rings (SSSR count). The van der Waals surface area contributed by atoms with Gasteiger partial charge in [-0.3, -0.25) is 0 Å². The summed E-state index contributed by atoms with van der Waals surface area (Å²) in [7, 11) is 0. The third-order valence-corrected chi connectivity index (χ3v) is 4.45. The second-order valence-electron chi connectivity index (χ2n) is 6.49. The molecule has 0 amide bonds. The van der Waals surface area contributed by atoms with Crippen LogP contribution in [0.5, 0.6) is 0 Å². The van der Waals surface area contributed by atoms with Gasteiger partial charge in [0.25, 0.3) is 0 Å². The molecule has 0 spiro atoms. The molecule has 1 fully saturated rings. The van der Waals surface area contributed by atoms with E-state index in [1.54, 1.807) is 0 Å². The van der Waals surface area contributed by atoms with E-state index in [2.05, 4.69) is 39.7 Å². The van der Waals surface area contributed by atoms with E-state index >= 15 is 0 Å². The molecule has 23 heavy (non-hydrogen) atoms. The molecule has 2 aromatic rings. The lowest BCUT2D eigenvalue weighted by molar-refractivity contribution is 0.617. The fraction of sp³-hybridized carbons (Fsp3) is 0.474. The number of hydrogen-bond donors (Lipinski definition) is 2. The number of rotatable bonds is 4. The molecule has 2 N–H and O–H groups in total. The van der Waals surface area contributed by atoms with Gasteiger partial charge in [-0.2, -0.15) is 4.98 Å². The van der Waals surface area contributed by atoms with E-state index in [1.165, 1.54) is 44.1 Å². The van der Waals surface area contributed by atoms with Gasteiger partial charge in [0.05, 0.1) is 0 Å². The maximum absolute atomic E-state index is 4.66. The minimum absolute atomic E-state index is 0.540. The van der Waals surface area contributed by atoms with Crippen LogP contribution in [-0.4, -0.2) is 16.0 Å². The van der Waals surface area contributed by atoms with Gasteiger partial charge < -0.3 is 10.6 Å². The topological polar surface area (TPSA) is 49.8 Å². The first-order valence-electron chi connectivity index (χ1n) is 8.65. The Morgan fingerprint density at radius 2 is 1.70 bits per heavy atom. The van der Waals surface area contributed by atoms with Gasteiger partial charge >= 0.3 is 0 Å². The Morgan fingerprint density at radius 1 is 0.957 bits per heavy atom. The Hall–Kier alpha value is -2.10. The first kappa shape index (κ1) is 15.8. The number of anilines is 3. The molecule has 4 nitrogen and oxygen atoms in total. The SMILES string of the molecule is Cc1cc(NC2CCCCCC2)nc(Nc2ccccc2C)n1. The predicted molar refractivity (Wildman–Crippen MR) is 96.3 cm³/mol. The van der Waals surface area contributed by atoms with Gasteiger partial charge in [0, 0.05) is 23.5 Å². The van der Waals surface area contributed by atoms with Crippen molar-refractivity contribution >= 4 is 17.5 Å². The molecule has 1 aromatic carbocycles. The van der Waals surface area contributed by atoms with E-state index < -0.39 is 0 Å². The zero-order valence-electron chi connectivity index (χ0n) is 14.1. The Balaban J connectivity index is 1.74. The number of nitrogens with zero attached hydrogens (tertiary/aromatic N) is 2. The number of nitrogens with one attached hydrogen (secondary N) is 2. The molecule has 1 saturated carbocycles. The van der Waals surface area contributed by atoms with Crippen molar-refractivity contribution in [2.24, 2.45) is 0 Å². The maximum Gasteiger partial charge on any atom is 0.229 e. The van der Waals surface area contributed by atoms with E-state index in [0.717, 1.165) is 17.2 Å². The lowest BCUT2D eigenvalue weighted by Crippen LogP contribution is -2.19. The van der Waals surface area contributed by atoms with Crippen LogP contribution in [-0.2, 0) is 0 Å². The molecular weight excluding hydrogens is 284 g/mol. The summed E-state index contributed by atoms with van der Waals surface area (Å²) in [5, 5.41) is 6.95. The van der Waals surface area contributed by atoms with Crippen LogP contribution in [0.15, 0.2) is 30.3 Å². The largest absolute Gasteiger partial charge is 0.367 e. The van der Waals surface area contributed by atoms with Gasteiger partial charge in [0.15, 0.2) is 0 Å². The van der Waals surface area contributed by atoms with E-state index in [-0.39, 0.29) is 0 Å². The van der Waals surface area contributed by atoms with Crippen molar-refractivity contribution < 1.29 is 0 Å². The minimum Gasteiger partial charge on any atom is -0.367 e. The number of benzene rings is 1. The highest BCUT2D eigenvalue weighted by Crippen LogP contribution is 2.22. The van der Waals surface area contributed by atoms with E-state index in [0.29, 0.717) is 12.0 Å². The Labute approximate surface area is 138 Å². The molecule has 4 heteroatoms. The molecule has 0 aliphatic heterocycles. The average Bonchev–Trinajstić information content (AvgIpc) is 2.78. The predicted octanol–water partition coefficient (Wildman–Crippen LogP) is 4.97. The lowest BCUT2D eigenvalue weighted by Gasteiger charge is -2.18. The van der Waals surface area contributed by atoms with Gasteiger partial charge in [-0.25, -0.2) is 4.98 Å². The quantitative estimate of drug-likeness (QED) is 0.783. The van der Waals surface area contributed by atoms with Crippen LogP contribution in [0.3, 0.4) is 0 Å². The second-order valence-corrected chi connectivity index (χ2v) is 6.49. The zero-order chi connectivity index (χ0) is 16.1. The second kappa shape index (κ2) is 7.44. The van der Waals surface area contributed by atoms with Crippen molar-refractivity contribution in [1.82, 2.24) is 9.97 Å². The highest BCUT2D eigenvalue weighted by atomic mass is 15.1. The number of aromatic nitrogens is 2. The van der Waals surface area contributed by atoms with Gasteiger partial charge in [0.1, 0.15) is 5.82 Å². The number of aryl methyl sites for hydroxylation is 2. The molecule has 0 atom stereocenters. The van der Waals surface area contributed by atoms with Crippen LogP contribution in [0.2, 0.25) is 0 Å². The zero-order valence-corrected chi connectivity index (χ0v) is 14.1. The molecule has 1 aliphatic rings. The van der Waals surface area contributed by atoms with Crippen LogP contribution in [0.25, 0.3) is 0 Å². The summed E-state index contributed by atoms with van der Waals surface area (Å²) in [6.45, 7) is 4.10. The first-order valence-corrected chi connectivity index (χ1v) is 8.65. The summed E-state index contributed by atoms with van der Waals surface area (Å²) in [6, 6.07) is 10.8. The number of para-hydroxylation sites is 1. The third-order valence-electron chi connectivity index (χ3n) is 4.45. The first-order chi connectivity index (χ1) is 11.2. The summed E-state index contributed by atoms with van der Waals surface area (Å²) in [6.07, 6.45) is 7.83. The highest BCUT2D eigenvalue weighted by molar-refractivity contribution is 5.59. The van der Waals surface area contributed by atoms with Crippen molar-refractivity contribution in [3.05, 3.63) is 41.6 Å². The van der Waals surface area contributed by atoms with Gasteiger partial charge in [-0.1, -0.05) is 43.9 Å². The average molecular weight is 310 g/mol. The summed E-state index contributed by atoms with van der Waals surface area (Å²) >= 11 is 0. The van der Waals surface area contributed by atoms with Crippen molar-refractivity contribution in [1.29, 1.82) is 0 Å². The van der Waals surface area contributed by atoms with E-state index in [1.807, 2.05) is 25.1 Å². The van der Waals surface area contributed by atoms with E-state index in [9.17, 15) is 0 Å². The maximum atomic E-state index is 4.66. The fourth-order valence-corrected chi connectivity index (χ4v) is 3.16. The molecule has 1 heterocycles. The Kier molecular flexibility index (Phi) is 5.11. The minimum atomic E-state index is 0.540. The van der Waals surface area contributed by atoms with E-state index in [4.69, 9.17) is 0 Å². The van der Waals surface area contributed by atoms with Crippen molar-refractivity contribution in [2.75, 3.05) is 10.6 Å². The molecular formula is C19H26N4. The molecule has 0 radical (unpaired) electrons. The fourth-order valence-electron chi connectivity index (χ4n) is 3.16. The van der Waals surface area contributed by atoms with Crippen LogP contribution in [0.4, 0.5) is 17.5 Å². The van der Waals surface area contributed by atoms with Gasteiger partial charge in [0.2, 0.25) is 5.95 Å². The molecule has 1 aromatic heterocycles. The van der Waals surface area contributed by atoms with Crippen LogP contribution < -0.4 is 10.6 Å².